The summed E-state index contributed by atoms with van der Waals surface area (Å²) >= 11 is 0. The molecule has 2 N–H and O–H groups in total. The van der Waals surface area contributed by atoms with Crippen LogP contribution in [-0.2, 0) is 9.53 Å². The second-order valence-electron chi connectivity index (χ2n) is 7.43. The van der Waals surface area contributed by atoms with Crippen LogP contribution in [0.15, 0.2) is 78.0 Å². The van der Waals surface area contributed by atoms with E-state index in [2.05, 4.69) is 39.9 Å². The SMILES string of the molecule is O=C(CCSSc1ccccn1)NCCNC(=O)OCC1c2ccccc2-c2ccccc21. The van der Waals surface area contributed by atoms with Crippen molar-refractivity contribution in [2.75, 3.05) is 25.4 Å². The Hall–Kier alpha value is -2.97. The van der Waals surface area contributed by atoms with Gasteiger partial charge in [0.15, 0.2) is 0 Å². The number of nitrogens with zero attached hydrogens (tertiary/aromatic N) is 1. The molecular weight excluding hydrogens is 454 g/mol. The van der Waals surface area contributed by atoms with Crippen LogP contribution in [0.2, 0.25) is 0 Å². The first kappa shape index (κ1) is 23.2. The van der Waals surface area contributed by atoms with Crippen LogP contribution >= 0.6 is 21.6 Å². The zero-order chi connectivity index (χ0) is 22.9. The molecule has 33 heavy (non-hydrogen) atoms. The fourth-order valence-corrected chi connectivity index (χ4v) is 5.61. The van der Waals surface area contributed by atoms with E-state index in [1.165, 1.54) is 22.3 Å². The third-order valence-corrected chi connectivity index (χ3v) is 7.52. The first-order chi connectivity index (χ1) is 16.2. The number of pyridine rings is 1. The predicted octanol–water partition coefficient (Wildman–Crippen LogP) is 4.87. The van der Waals surface area contributed by atoms with Crippen LogP contribution in [-0.4, -0.2) is 42.4 Å². The molecule has 0 saturated heterocycles. The number of ether oxygens (including phenoxy) is 1. The number of carbonyl (C=O) groups is 2. The lowest BCUT2D eigenvalue weighted by Gasteiger charge is -2.14. The average molecular weight is 480 g/mol. The highest BCUT2D eigenvalue weighted by Gasteiger charge is 2.28. The maximum absolute atomic E-state index is 12.2. The molecule has 0 aliphatic heterocycles. The van der Waals surface area contributed by atoms with Gasteiger partial charge in [-0.3, -0.25) is 4.79 Å². The summed E-state index contributed by atoms with van der Waals surface area (Å²) in [5.41, 5.74) is 4.75. The van der Waals surface area contributed by atoms with E-state index in [4.69, 9.17) is 4.74 Å². The van der Waals surface area contributed by atoms with Crippen molar-refractivity contribution in [3.05, 3.63) is 84.1 Å². The molecule has 0 radical (unpaired) electrons. The standard InChI is InChI=1S/C25H25N3O3S2/c29-23(12-16-32-33-24-11-5-6-13-27-24)26-14-15-28-25(30)31-17-22-20-9-3-1-7-18(20)19-8-2-4-10-21(19)22/h1-11,13,22H,12,14-17H2,(H,26,29)(H,28,30). The van der Waals surface area contributed by atoms with Gasteiger partial charge in [-0.2, -0.15) is 0 Å². The van der Waals surface area contributed by atoms with Gasteiger partial charge in [-0.1, -0.05) is 65.4 Å². The Bertz CT molecular complexity index is 1050. The van der Waals surface area contributed by atoms with E-state index >= 15 is 0 Å². The van der Waals surface area contributed by atoms with Gasteiger partial charge in [-0.15, -0.1) is 0 Å². The zero-order valence-corrected chi connectivity index (χ0v) is 19.7. The van der Waals surface area contributed by atoms with Gasteiger partial charge < -0.3 is 15.4 Å². The molecule has 4 rings (SSSR count). The van der Waals surface area contributed by atoms with Crippen molar-refractivity contribution in [2.24, 2.45) is 0 Å². The average Bonchev–Trinajstić information content (AvgIpc) is 3.17. The highest BCUT2D eigenvalue weighted by Crippen LogP contribution is 2.44. The van der Waals surface area contributed by atoms with E-state index in [1.807, 2.05) is 42.5 Å². The normalized spacial score (nSPS) is 12.0. The van der Waals surface area contributed by atoms with Gasteiger partial charge in [-0.25, -0.2) is 9.78 Å². The fourth-order valence-electron chi connectivity index (χ4n) is 3.74. The molecule has 6 nitrogen and oxygen atoms in total. The Morgan fingerprint density at radius 2 is 1.55 bits per heavy atom. The second-order valence-corrected chi connectivity index (χ2v) is 9.86. The van der Waals surface area contributed by atoms with Crippen molar-refractivity contribution in [3.8, 4) is 11.1 Å². The monoisotopic (exact) mass is 479 g/mol. The number of fused-ring (bicyclic) bond motifs is 3. The van der Waals surface area contributed by atoms with Gasteiger partial charge in [0, 0.05) is 37.4 Å². The number of alkyl carbamates (subject to hydrolysis) is 1. The molecule has 0 spiro atoms. The second kappa shape index (κ2) is 11.8. The number of rotatable bonds is 10. The molecule has 0 fully saturated rings. The number of carbonyl (C=O) groups excluding carboxylic acids is 2. The number of amides is 2. The third kappa shape index (κ3) is 6.30. The Kier molecular flexibility index (Phi) is 8.27. The molecule has 170 valence electrons. The molecule has 2 aromatic carbocycles. The largest absolute Gasteiger partial charge is 0.449 e. The van der Waals surface area contributed by atoms with Crippen molar-refractivity contribution in [3.63, 3.8) is 0 Å². The molecule has 0 unspecified atom stereocenters. The third-order valence-electron chi connectivity index (χ3n) is 5.25. The summed E-state index contributed by atoms with van der Waals surface area (Å²) in [5.74, 6) is 0.676. The van der Waals surface area contributed by atoms with Crippen molar-refractivity contribution < 1.29 is 14.3 Å². The van der Waals surface area contributed by atoms with Crippen LogP contribution < -0.4 is 10.6 Å². The molecule has 1 aliphatic rings. The van der Waals surface area contributed by atoms with Crippen LogP contribution in [0.1, 0.15) is 23.5 Å². The Balaban J connectivity index is 1.12. The number of aromatic nitrogens is 1. The van der Waals surface area contributed by atoms with E-state index in [9.17, 15) is 9.59 Å². The quantitative estimate of drug-likeness (QED) is 0.319. The predicted molar refractivity (Wildman–Crippen MR) is 133 cm³/mol. The Morgan fingerprint density at radius 1 is 0.879 bits per heavy atom. The first-order valence-corrected chi connectivity index (χ1v) is 13.1. The van der Waals surface area contributed by atoms with Crippen molar-refractivity contribution in [1.29, 1.82) is 0 Å². The molecule has 0 atom stereocenters. The van der Waals surface area contributed by atoms with E-state index in [0.29, 0.717) is 25.3 Å². The molecule has 2 amide bonds. The van der Waals surface area contributed by atoms with E-state index in [-0.39, 0.29) is 18.4 Å². The fraction of sp³-hybridized carbons (Fsp3) is 0.240. The lowest BCUT2D eigenvalue weighted by atomic mass is 9.98. The van der Waals surface area contributed by atoms with E-state index in [0.717, 1.165) is 5.03 Å². The lowest BCUT2D eigenvalue weighted by molar-refractivity contribution is -0.120. The molecule has 0 bridgehead atoms. The van der Waals surface area contributed by atoms with Crippen LogP contribution in [0.3, 0.4) is 0 Å². The lowest BCUT2D eigenvalue weighted by Crippen LogP contribution is -2.35. The van der Waals surface area contributed by atoms with Gasteiger partial charge in [0.2, 0.25) is 5.91 Å². The maximum atomic E-state index is 12.2. The smallest absolute Gasteiger partial charge is 0.407 e. The summed E-state index contributed by atoms with van der Waals surface area (Å²) in [6.45, 7) is 0.955. The molecule has 0 saturated carbocycles. The summed E-state index contributed by atoms with van der Waals surface area (Å²) in [6.07, 6.45) is 1.68. The van der Waals surface area contributed by atoms with E-state index < -0.39 is 6.09 Å². The summed E-state index contributed by atoms with van der Waals surface area (Å²) in [5, 5.41) is 6.44. The van der Waals surface area contributed by atoms with Crippen LogP contribution in [0.4, 0.5) is 4.79 Å². The van der Waals surface area contributed by atoms with Crippen molar-refractivity contribution in [1.82, 2.24) is 15.6 Å². The molecule has 3 aromatic rings. The highest BCUT2D eigenvalue weighted by atomic mass is 33.1. The summed E-state index contributed by atoms with van der Waals surface area (Å²) < 4.78 is 5.49. The molecule has 1 aliphatic carbocycles. The topological polar surface area (TPSA) is 80.3 Å². The zero-order valence-electron chi connectivity index (χ0n) is 18.0. The van der Waals surface area contributed by atoms with Crippen LogP contribution in [0.5, 0.6) is 0 Å². The maximum Gasteiger partial charge on any atom is 0.407 e. The highest BCUT2D eigenvalue weighted by molar-refractivity contribution is 8.76. The van der Waals surface area contributed by atoms with Gasteiger partial charge in [-0.05, 0) is 45.2 Å². The number of nitrogens with one attached hydrogen (secondary N) is 2. The molecule has 8 heteroatoms. The Labute approximate surface area is 201 Å². The Morgan fingerprint density at radius 3 is 2.24 bits per heavy atom. The minimum atomic E-state index is -0.478. The number of benzene rings is 2. The minimum Gasteiger partial charge on any atom is -0.449 e. The summed E-state index contributed by atoms with van der Waals surface area (Å²) in [6, 6.07) is 22.2. The van der Waals surface area contributed by atoms with Gasteiger partial charge in [0.25, 0.3) is 0 Å². The summed E-state index contributed by atoms with van der Waals surface area (Å²) in [4.78, 5) is 28.3. The van der Waals surface area contributed by atoms with Crippen molar-refractivity contribution >= 4 is 33.6 Å². The molecule has 1 aromatic heterocycles. The number of hydrogen-bond donors (Lipinski definition) is 2. The molecule has 1 heterocycles. The van der Waals surface area contributed by atoms with Crippen LogP contribution in [0, 0.1) is 0 Å². The van der Waals surface area contributed by atoms with Crippen molar-refractivity contribution in [2.45, 2.75) is 17.4 Å². The van der Waals surface area contributed by atoms with Gasteiger partial charge in [0.05, 0.1) is 0 Å². The van der Waals surface area contributed by atoms with Crippen LogP contribution in [0.25, 0.3) is 11.1 Å². The summed E-state index contributed by atoms with van der Waals surface area (Å²) in [7, 11) is 3.15. The molecular formula is C25H25N3O3S2. The van der Waals surface area contributed by atoms with Gasteiger partial charge in [0.1, 0.15) is 11.6 Å². The van der Waals surface area contributed by atoms with E-state index in [1.54, 1.807) is 27.8 Å². The number of hydrogen-bond acceptors (Lipinski definition) is 6. The first-order valence-electron chi connectivity index (χ1n) is 10.8. The van der Waals surface area contributed by atoms with Gasteiger partial charge >= 0.3 is 6.09 Å². The minimum absolute atomic E-state index is 0.0318.